The number of esters is 1. The standard InChI is InChI=1S/C15H15ClFN3O3S2.C3H8NO5P/c1-23-13(21)8-24-12-7-11(10(17)6-9(12)16)18-14-19-4-2-3-5-20(19)15(22)25-14;5-3(6)1-4-2-10(7,8)9/h6-7H,2-5,8H2,1H3;4H,1-2H2,(H,5,6)(H2,7,8,9)/b18-14-;. The molecule has 0 bridgehead atoms. The van der Waals surface area contributed by atoms with Gasteiger partial charge in [0.15, 0.2) is 0 Å². The summed E-state index contributed by atoms with van der Waals surface area (Å²) in [5.74, 6) is -2.07. The van der Waals surface area contributed by atoms with Gasteiger partial charge < -0.3 is 19.6 Å². The highest BCUT2D eigenvalue weighted by molar-refractivity contribution is 8.00. The van der Waals surface area contributed by atoms with Gasteiger partial charge in [-0.15, -0.1) is 11.8 Å². The van der Waals surface area contributed by atoms with Gasteiger partial charge in [0.2, 0.25) is 4.80 Å². The van der Waals surface area contributed by atoms with Crippen molar-refractivity contribution in [2.24, 2.45) is 4.99 Å². The van der Waals surface area contributed by atoms with Crippen LogP contribution in [-0.4, -0.2) is 61.9 Å². The molecular weight excluding hydrogens is 550 g/mol. The Bertz CT molecular complexity index is 1240. The highest BCUT2D eigenvalue weighted by atomic mass is 35.5. The smallest absolute Gasteiger partial charge is 0.339 e. The van der Waals surface area contributed by atoms with Crippen molar-refractivity contribution in [2.45, 2.75) is 30.8 Å². The van der Waals surface area contributed by atoms with E-state index in [0.29, 0.717) is 22.8 Å². The summed E-state index contributed by atoms with van der Waals surface area (Å²) in [5, 5.41) is 10.3. The van der Waals surface area contributed by atoms with E-state index in [0.717, 1.165) is 42.0 Å². The van der Waals surface area contributed by atoms with Crippen molar-refractivity contribution in [2.75, 3.05) is 25.7 Å². The number of halogens is 2. The van der Waals surface area contributed by atoms with Crippen molar-refractivity contribution >= 4 is 59.9 Å². The average Bonchev–Trinajstić information content (AvgIpc) is 3.09. The molecule has 17 heteroatoms. The Morgan fingerprint density at radius 2 is 1.97 bits per heavy atom. The molecule has 0 atom stereocenters. The van der Waals surface area contributed by atoms with E-state index in [-0.39, 0.29) is 21.3 Å². The molecule has 1 aliphatic rings. The predicted molar refractivity (Wildman–Crippen MR) is 128 cm³/mol. The van der Waals surface area contributed by atoms with Crippen molar-refractivity contribution in [3.63, 3.8) is 0 Å². The second-order valence-electron chi connectivity index (χ2n) is 6.96. The van der Waals surface area contributed by atoms with Crippen LogP contribution in [0.15, 0.2) is 26.8 Å². The van der Waals surface area contributed by atoms with Crippen molar-refractivity contribution in [3.05, 3.63) is 37.4 Å². The van der Waals surface area contributed by atoms with Crippen LogP contribution in [0.4, 0.5) is 10.1 Å². The molecule has 0 aliphatic carbocycles. The molecule has 0 saturated carbocycles. The Balaban J connectivity index is 0.000000367. The normalized spacial score (nSPS) is 13.6. The molecule has 1 aromatic heterocycles. The molecule has 2 aromatic rings. The highest BCUT2D eigenvalue weighted by Gasteiger charge is 2.15. The number of nitrogens with zero attached hydrogens (tertiary/aromatic N) is 3. The quantitative estimate of drug-likeness (QED) is 0.207. The van der Waals surface area contributed by atoms with E-state index in [1.54, 1.807) is 9.36 Å². The number of rotatable bonds is 8. The lowest BCUT2D eigenvalue weighted by Gasteiger charge is -2.15. The number of fused-ring (bicyclic) bond motifs is 1. The van der Waals surface area contributed by atoms with Gasteiger partial charge in [0.25, 0.3) is 0 Å². The van der Waals surface area contributed by atoms with Crippen molar-refractivity contribution in [1.82, 2.24) is 14.7 Å². The number of carbonyl (C=O) groups is 2. The van der Waals surface area contributed by atoms with Gasteiger partial charge in [-0.1, -0.05) is 11.6 Å². The van der Waals surface area contributed by atoms with Crippen LogP contribution in [-0.2, 0) is 32.0 Å². The zero-order valence-electron chi connectivity index (χ0n) is 18.3. The molecule has 194 valence electrons. The third-order valence-corrected chi connectivity index (χ3v) is 7.24. The number of methoxy groups -OCH3 is 1. The number of aliphatic carboxylic acids is 1. The molecule has 0 saturated heterocycles. The second-order valence-corrected chi connectivity index (χ2v) is 10.9. The minimum Gasteiger partial charge on any atom is -0.480 e. The first-order valence-electron chi connectivity index (χ1n) is 9.92. The lowest BCUT2D eigenvalue weighted by atomic mass is 10.3. The maximum atomic E-state index is 14.3. The predicted octanol–water partition coefficient (Wildman–Crippen LogP) is 1.59. The summed E-state index contributed by atoms with van der Waals surface area (Å²) in [6, 6.07) is 2.64. The minimum absolute atomic E-state index is 0.0605. The summed E-state index contributed by atoms with van der Waals surface area (Å²) < 4.78 is 32.3. The number of hydrogen-bond acceptors (Lipinski definition) is 9. The maximum Gasteiger partial charge on any atom is 0.339 e. The van der Waals surface area contributed by atoms with Gasteiger partial charge in [-0.3, -0.25) is 28.9 Å². The SMILES string of the molecule is COC(=O)CSc1cc(/N=c2\sc(=O)n3n2CCCC3)c(F)cc1Cl.O=C(O)CNCP(=O)(O)O. The van der Waals surface area contributed by atoms with E-state index in [4.69, 9.17) is 26.5 Å². The third-order valence-electron chi connectivity index (χ3n) is 4.28. The summed E-state index contributed by atoms with van der Waals surface area (Å²) in [7, 11) is -2.80. The molecule has 0 radical (unpaired) electrons. The number of carboxylic acids is 1. The number of thioether (sulfide) groups is 1. The molecule has 1 aliphatic heterocycles. The van der Waals surface area contributed by atoms with Crippen molar-refractivity contribution < 1.29 is 38.2 Å². The van der Waals surface area contributed by atoms with Gasteiger partial charge in [0, 0.05) is 18.0 Å². The van der Waals surface area contributed by atoms with Crippen molar-refractivity contribution in [1.29, 1.82) is 0 Å². The molecule has 12 nitrogen and oxygen atoms in total. The fourth-order valence-electron chi connectivity index (χ4n) is 2.74. The van der Waals surface area contributed by atoms with Gasteiger partial charge in [0.05, 0.1) is 30.7 Å². The monoisotopic (exact) mass is 572 g/mol. The molecular formula is C18H23ClFN4O8PS2. The number of aromatic nitrogens is 2. The van der Waals surface area contributed by atoms with Gasteiger partial charge in [0.1, 0.15) is 11.5 Å². The van der Waals surface area contributed by atoms with Crippen LogP contribution in [0.1, 0.15) is 12.8 Å². The topological polar surface area (TPSA) is 172 Å². The molecule has 0 fully saturated rings. The first kappa shape index (κ1) is 29.2. The molecule has 0 spiro atoms. The Morgan fingerprint density at radius 3 is 2.57 bits per heavy atom. The van der Waals surface area contributed by atoms with E-state index in [1.807, 2.05) is 0 Å². The van der Waals surface area contributed by atoms with Gasteiger partial charge in [-0.05, 0) is 36.3 Å². The van der Waals surface area contributed by atoms with Crippen LogP contribution in [0, 0.1) is 5.82 Å². The molecule has 2 heterocycles. The minimum atomic E-state index is -4.10. The molecule has 4 N–H and O–H groups in total. The summed E-state index contributed by atoms with van der Waals surface area (Å²) in [5.41, 5.74) is 0.0829. The first-order chi connectivity index (χ1) is 16.4. The largest absolute Gasteiger partial charge is 0.480 e. The van der Waals surface area contributed by atoms with Gasteiger partial charge in [-0.2, -0.15) is 0 Å². The zero-order chi connectivity index (χ0) is 26.2. The molecule has 0 unspecified atom stereocenters. The fourth-order valence-corrected chi connectivity index (χ4v) is 5.13. The Kier molecular flexibility index (Phi) is 11.1. The lowest BCUT2D eigenvalue weighted by molar-refractivity contribution is -0.137. The zero-order valence-corrected chi connectivity index (χ0v) is 21.6. The van der Waals surface area contributed by atoms with Gasteiger partial charge in [-0.25, -0.2) is 14.1 Å². The Hall–Kier alpha value is -2.00. The first-order valence-corrected chi connectivity index (χ1v) is 13.9. The Labute approximate surface area is 211 Å². The number of hydrogen-bond donors (Lipinski definition) is 4. The summed E-state index contributed by atoms with van der Waals surface area (Å²) in [6.07, 6.45) is 1.30. The number of carbonyl (C=O) groups excluding carboxylic acids is 1. The van der Waals surface area contributed by atoms with E-state index in [9.17, 15) is 23.3 Å². The summed E-state index contributed by atoms with van der Waals surface area (Å²) in [4.78, 5) is 54.6. The summed E-state index contributed by atoms with van der Waals surface area (Å²) >= 11 is 8.17. The third kappa shape index (κ3) is 9.52. The molecule has 35 heavy (non-hydrogen) atoms. The van der Waals surface area contributed by atoms with Crippen LogP contribution in [0.2, 0.25) is 5.02 Å². The lowest BCUT2D eigenvalue weighted by Crippen LogP contribution is -2.31. The van der Waals surface area contributed by atoms with E-state index in [2.05, 4.69) is 15.0 Å². The Morgan fingerprint density at radius 1 is 1.31 bits per heavy atom. The van der Waals surface area contributed by atoms with E-state index in [1.165, 1.54) is 13.2 Å². The second kappa shape index (κ2) is 13.3. The number of nitrogens with one attached hydrogen (secondary N) is 1. The highest BCUT2D eigenvalue weighted by Crippen LogP contribution is 2.33. The molecule has 3 rings (SSSR count). The summed E-state index contributed by atoms with van der Waals surface area (Å²) in [6.45, 7) is 0.885. The van der Waals surface area contributed by atoms with Crippen LogP contribution >= 0.6 is 42.3 Å². The maximum absolute atomic E-state index is 14.3. The van der Waals surface area contributed by atoms with E-state index < -0.39 is 38.2 Å². The van der Waals surface area contributed by atoms with Crippen molar-refractivity contribution in [3.8, 4) is 0 Å². The van der Waals surface area contributed by atoms with Crippen LogP contribution < -0.4 is 15.0 Å². The molecule has 0 amide bonds. The van der Waals surface area contributed by atoms with Crippen LogP contribution in [0.3, 0.4) is 0 Å². The van der Waals surface area contributed by atoms with Gasteiger partial charge >= 0.3 is 24.4 Å². The average molecular weight is 573 g/mol. The van der Waals surface area contributed by atoms with Crippen LogP contribution in [0.5, 0.6) is 0 Å². The van der Waals surface area contributed by atoms with Crippen LogP contribution in [0.25, 0.3) is 0 Å². The van der Waals surface area contributed by atoms with E-state index >= 15 is 0 Å². The fraction of sp³-hybridized carbons (Fsp3) is 0.444. The number of benzene rings is 1. The number of ether oxygens (including phenoxy) is 1. The molecule has 1 aromatic carbocycles. The number of carboxylic acid groups (broad SMARTS) is 1.